The first-order valence-corrected chi connectivity index (χ1v) is 4.73. The molecule has 0 atom stereocenters. The molecule has 13 heavy (non-hydrogen) atoms. The highest BCUT2D eigenvalue weighted by molar-refractivity contribution is 6.43. The summed E-state index contributed by atoms with van der Waals surface area (Å²) >= 11 is 10.4. The third kappa shape index (κ3) is 6.87. The van der Waals surface area contributed by atoms with Crippen LogP contribution in [-0.4, -0.2) is 22.7 Å². The maximum Gasteiger partial charge on any atom is 0.335 e. The molecule has 0 aliphatic carbocycles. The first kappa shape index (κ1) is 12.8. The maximum absolute atomic E-state index is 11.0. The molecule has 0 rings (SSSR count). The SMILES string of the molecule is C=C(CCCCO)C(=O)OC(Cl)Cl. The van der Waals surface area contributed by atoms with Crippen molar-refractivity contribution in [1.82, 2.24) is 0 Å². The summed E-state index contributed by atoms with van der Waals surface area (Å²) in [5.74, 6) is -0.590. The molecule has 0 amide bonds. The van der Waals surface area contributed by atoms with E-state index in [1.54, 1.807) is 0 Å². The lowest BCUT2D eigenvalue weighted by atomic mass is 10.1. The van der Waals surface area contributed by atoms with Crippen LogP contribution in [0, 0.1) is 0 Å². The van der Waals surface area contributed by atoms with Gasteiger partial charge in [-0.3, -0.25) is 0 Å². The molecule has 0 aromatic heterocycles. The monoisotopic (exact) mass is 226 g/mol. The van der Waals surface area contributed by atoms with Crippen molar-refractivity contribution in [2.75, 3.05) is 6.61 Å². The van der Waals surface area contributed by atoms with Crippen molar-refractivity contribution in [3.05, 3.63) is 12.2 Å². The van der Waals surface area contributed by atoms with Gasteiger partial charge in [0.25, 0.3) is 5.02 Å². The lowest BCUT2D eigenvalue weighted by Gasteiger charge is -2.06. The van der Waals surface area contributed by atoms with E-state index in [1.807, 2.05) is 0 Å². The van der Waals surface area contributed by atoms with Crippen LogP contribution in [0.25, 0.3) is 0 Å². The second-order valence-corrected chi connectivity index (χ2v) is 3.47. The van der Waals surface area contributed by atoms with Gasteiger partial charge in [-0.15, -0.1) is 0 Å². The zero-order chi connectivity index (χ0) is 10.3. The smallest absolute Gasteiger partial charge is 0.335 e. The standard InChI is InChI=1S/C8H12Cl2O3/c1-6(4-2-3-5-11)7(12)13-8(9)10/h8,11H,1-5H2. The van der Waals surface area contributed by atoms with Gasteiger partial charge in [-0.2, -0.15) is 0 Å². The molecule has 0 aliphatic heterocycles. The molecule has 0 saturated carbocycles. The largest absolute Gasteiger partial charge is 0.428 e. The summed E-state index contributed by atoms with van der Waals surface area (Å²) < 4.78 is 4.47. The Balaban J connectivity index is 3.64. The molecule has 0 aliphatic rings. The minimum absolute atomic E-state index is 0.107. The van der Waals surface area contributed by atoms with E-state index in [4.69, 9.17) is 28.3 Å². The molecular formula is C8H12Cl2O3. The number of hydrogen-bond donors (Lipinski definition) is 1. The number of hydrogen-bond acceptors (Lipinski definition) is 3. The minimum atomic E-state index is -1.15. The van der Waals surface area contributed by atoms with Crippen molar-refractivity contribution in [3.8, 4) is 0 Å². The Kier molecular flexibility index (Phi) is 7.04. The van der Waals surface area contributed by atoms with E-state index in [0.29, 0.717) is 24.8 Å². The number of aliphatic hydroxyl groups excluding tert-OH is 1. The highest BCUT2D eigenvalue weighted by Crippen LogP contribution is 2.11. The second-order valence-electron chi connectivity index (χ2n) is 2.45. The van der Waals surface area contributed by atoms with Gasteiger partial charge in [0.1, 0.15) is 0 Å². The summed E-state index contributed by atoms with van der Waals surface area (Å²) in [5, 5.41) is 7.32. The molecule has 0 fully saturated rings. The van der Waals surface area contributed by atoms with Gasteiger partial charge in [-0.05, 0) is 19.3 Å². The van der Waals surface area contributed by atoms with Gasteiger partial charge in [0, 0.05) is 12.2 Å². The molecule has 76 valence electrons. The summed E-state index contributed by atoms with van der Waals surface area (Å²) in [5.41, 5.74) is 0.319. The first-order valence-electron chi connectivity index (χ1n) is 3.85. The molecular weight excluding hydrogens is 215 g/mol. The zero-order valence-corrected chi connectivity index (χ0v) is 8.64. The number of carbonyl (C=O) groups is 1. The Morgan fingerprint density at radius 2 is 2.08 bits per heavy atom. The Bertz CT molecular complexity index is 180. The molecule has 0 spiro atoms. The zero-order valence-electron chi connectivity index (χ0n) is 7.13. The molecule has 0 aromatic carbocycles. The van der Waals surface area contributed by atoms with Gasteiger partial charge in [0.05, 0.1) is 0 Å². The number of carbonyl (C=O) groups excluding carboxylic acids is 1. The Morgan fingerprint density at radius 3 is 2.54 bits per heavy atom. The predicted molar refractivity (Wildman–Crippen MR) is 51.7 cm³/mol. The quantitative estimate of drug-likeness (QED) is 0.326. The second kappa shape index (κ2) is 7.18. The number of halogens is 2. The summed E-state index contributed by atoms with van der Waals surface area (Å²) in [6.07, 6.45) is 1.82. The average Bonchev–Trinajstić information content (AvgIpc) is 2.03. The fourth-order valence-electron chi connectivity index (χ4n) is 0.717. The van der Waals surface area contributed by atoms with E-state index in [2.05, 4.69) is 11.3 Å². The van der Waals surface area contributed by atoms with Gasteiger partial charge in [0.15, 0.2) is 0 Å². The van der Waals surface area contributed by atoms with Crippen molar-refractivity contribution < 1.29 is 14.6 Å². The number of rotatable bonds is 6. The number of unbranched alkanes of at least 4 members (excludes halogenated alkanes) is 1. The summed E-state index contributed by atoms with van der Waals surface area (Å²) in [7, 11) is 0. The summed E-state index contributed by atoms with van der Waals surface area (Å²) in [4.78, 5) is 11.0. The third-order valence-electron chi connectivity index (χ3n) is 1.37. The Hall–Kier alpha value is -0.250. The van der Waals surface area contributed by atoms with Crippen molar-refractivity contribution in [2.24, 2.45) is 0 Å². The first-order chi connectivity index (χ1) is 6.07. The van der Waals surface area contributed by atoms with Crippen LogP contribution >= 0.6 is 23.2 Å². The van der Waals surface area contributed by atoms with Gasteiger partial charge in [-0.1, -0.05) is 29.8 Å². The van der Waals surface area contributed by atoms with E-state index in [1.165, 1.54) is 0 Å². The molecule has 5 heteroatoms. The highest BCUT2D eigenvalue weighted by Gasteiger charge is 2.11. The molecule has 0 radical (unpaired) electrons. The van der Waals surface area contributed by atoms with E-state index in [-0.39, 0.29) is 6.61 Å². The molecule has 0 unspecified atom stereocenters. The van der Waals surface area contributed by atoms with Crippen LogP contribution in [0.15, 0.2) is 12.2 Å². The van der Waals surface area contributed by atoms with Crippen LogP contribution in [0.4, 0.5) is 0 Å². The molecule has 0 bridgehead atoms. The van der Waals surface area contributed by atoms with Gasteiger partial charge < -0.3 is 9.84 Å². The number of ether oxygens (including phenoxy) is 1. The van der Waals surface area contributed by atoms with Crippen LogP contribution in [0.3, 0.4) is 0 Å². The highest BCUT2D eigenvalue weighted by atomic mass is 35.5. The number of aliphatic hydroxyl groups is 1. The van der Waals surface area contributed by atoms with E-state index >= 15 is 0 Å². The van der Waals surface area contributed by atoms with Crippen LogP contribution < -0.4 is 0 Å². The lowest BCUT2D eigenvalue weighted by molar-refractivity contribution is -0.138. The summed E-state index contributed by atoms with van der Waals surface area (Å²) in [6.45, 7) is 3.61. The fourth-order valence-corrected chi connectivity index (χ4v) is 0.878. The van der Waals surface area contributed by atoms with Crippen LogP contribution in [0.2, 0.25) is 0 Å². The van der Waals surface area contributed by atoms with Crippen LogP contribution in [0.1, 0.15) is 19.3 Å². The van der Waals surface area contributed by atoms with Crippen molar-refractivity contribution in [2.45, 2.75) is 24.3 Å². The molecule has 0 saturated heterocycles. The van der Waals surface area contributed by atoms with Gasteiger partial charge in [-0.25, -0.2) is 4.79 Å². The van der Waals surface area contributed by atoms with Crippen LogP contribution in [0.5, 0.6) is 0 Å². The third-order valence-corrected chi connectivity index (χ3v) is 1.55. The molecule has 0 aromatic rings. The summed E-state index contributed by atoms with van der Waals surface area (Å²) in [6, 6.07) is 0. The van der Waals surface area contributed by atoms with Crippen LogP contribution in [-0.2, 0) is 9.53 Å². The molecule has 1 N–H and O–H groups in total. The predicted octanol–water partition coefficient (Wildman–Crippen LogP) is 2.01. The average molecular weight is 227 g/mol. The number of alkyl halides is 2. The van der Waals surface area contributed by atoms with Crippen molar-refractivity contribution >= 4 is 29.2 Å². The fraction of sp³-hybridized carbons (Fsp3) is 0.625. The lowest BCUT2D eigenvalue weighted by Crippen LogP contribution is -2.10. The van der Waals surface area contributed by atoms with Gasteiger partial charge in [0.2, 0.25) is 0 Å². The Morgan fingerprint density at radius 1 is 1.46 bits per heavy atom. The minimum Gasteiger partial charge on any atom is -0.428 e. The molecule has 3 nitrogen and oxygen atoms in total. The number of esters is 1. The van der Waals surface area contributed by atoms with E-state index in [9.17, 15) is 4.79 Å². The van der Waals surface area contributed by atoms with Crippen molar-refractivity contribution in [3.63, 3.8) is 0 Å². The normalized spacial score (nSPS) is 10.2. The molecule has 0 heterocycles. The Labute approximate surface area is 87.3 Å². The maximum atomic E-state index is 11.0. The van der Waals surface area contributed by atoms with E-state index in [0.717, 1.165) is 0 Å². The van der Waals surface area contributed by atoms with Crippen molar-refractivity contribution in [1.29, 1.82) is 0 Å². The van der Waals surface area contributed by atoms with E-state index < -0.39 is 11.0 Å². The topological polar surface area (TPSA) is 46.5 Å². The van der Waals surface area contributed by atoms with Gasteiger partial charge >= 0.3 is 5.97 Å².